The largest absolute Gasteiger partial charge is 0.492 e. The van der Waals surface area contributed by atoms with Crippen molar-refractivity contribution in [1.29, 1.82) is 0 Å². The Labute approximate surface area is 95.4 Å². The molecule has 0 aliphatic carbocycles. The molecule has 0 unspecified atom stereocenters. The zero-order chi connectivity index (χ0) is 13.0. The molecule has 0 aliphatic rings. The van der Waals surface area contributed by atoms with Gasteiger partial charge in [-0.1, -0.05) is 0 Å². The maximum atomic E-state index is 13.3. The summed E-state index contributed by atoms with van der Waals surface area (Å²) in [6, 6.07) is 0.920. The first-order valence-electron chi connectivity index (χ1n) is 4.57. The van der Waals surface area contributed by atoms with Crippen LogP contribution in [0.1, 0.15) is 17.7 Å². The number of carbonyl (C=O) groups excluding carboxylic acids is 1. The summed E-state index contributed by atoms with van der Waals surface area (Å²) in [5.74, 6) is -2.49. The average molecular weight is 249 g/mol. The van der Waals surface area contributed by atoms with E-state index in [-0.39, 0.29) is 12.1 Å². The molecule has 7 heteroatoms. The topological polar surface area (TPSA) is 48.4 Å². The van der Waals surface area contributed by atoms with Gasteiger partial charge in [0.1, 0.15) is 0 Å². The Morgan fingerprint density at radius 2 is 2.12 bits per heavy atom. The number of ether oxygens (including phenoxy) is 2. The first-order chi connectivity index (χ1) is 7.99. The second-order valence-corrected chi connectivity index (χ2v) is 3.08. The van der Waals surface area contributed by atoms with E-state index in [0.717, 1.165) is 20.3 Å². The van der Waals surface area contributed by atoms with E-state index in [1.807, 2.05) is 0 Å². The fourth-order valence-corrected chi connectivity index (χ4v) is 1.25. The molecular formula is C10H10F3NO3. The summed E-state index contributed by atoms with van der Waals surface area (Å²) in [4.78, 5) is 14.3. The lowest BCUT2D eigenvalue weighted by Gasteiger charge is -2.10. The third-order valence-electron chi connectivity index (χ3n) is 2.01. The Bertz CT molecular complexity index is 424. The molecule has 0 saturated heterocycles. The molecule has 1 aromatic heterocycles. The molecule has 0 saturated carbocycles. The molecule has 0 spiro atoms. The number of methoxy groups -OCH3 is 2. The quantitative estimate of drug-likeness (QED) is 0.604. The number of aromatic nitrogens is 1. The second kappa shape index (κ2) is 5.51. The summed E-state index contributed by atoms with van der Waals surface area (Å²) in [6.45, 7) is 0. The van der Waals surface area contributed by atoms with Gasteiger partial charge in [-0.25, -0.2) is 13.8 Å². The van der Waals surface area contributed by atoms with Crippen molar-refractivity contribution in [2.45, 2.75) is 12.8 Å². The first kappa shape index (κ1) is 13.3. The molecule has 1 aromatic rings. The maximum Gasteiger partial charge on any atom is 0.311 e. The predicted molar refractivity (Wildman–Crippen MR) is 51.4 cm³/mol. The van der Waals surface area contributed by atoms with Crippen LogP contribution in [0.5, 0.6) is 5.75 Å². The van der Waals surface area contributed by atoms with Crippen LogP contribution < -0.4 is 4.74 Å². The SMILES string of the molecule is COC(=O)Cc1cc(C(F)F)c(OC)c(F)n1. The number of alkyl halides is 2. The molecule has 0 bridgehead atoms. The van der Waals surface area contributed by atoms with Crippen molar-refractivity contribution in [2.24, 2.45) is 0 Å². The summed E-state index contributed by atoms with van der Waals surface area (Å²) in [7, 11) is 2.20. The number of rotatable bonds is 4. The van der Waals surface area contributed by atoms with Crippen LogP contribution in [0.2, 0.25) is 0 Å². The van der Waals surface area contributed by atoms with Crippen molar-refractivity contribution in [1.82, 2.24) is 4.98 Å². The van der Waals surface area contributed by atoms with Crippen molar-refractivity contribution in [3.8, 4) is 5.75 Å². The van der Waals surface area contributed by atoms with Crippen LogP contribution in [0.25, 0.3) is 0 Å². The van der Waals surface area contributed by atoms with E-state index >= 15 is 0 Å². The molecule has 0 amide bonds. The van der Waals surface area contributed by atoms with Gasteiger partial charge >= 0.3 is 5.97 Å². The van der Waals surface area contributed by atoms with Crippen LogP contribution >= 0.6 is 0 Å². The van der Waals surface area contributed by atoms with Gasteiger partial charge in [0.25, 0.3) is 12.4 Å². The molecule has 1 heterocycles. The lowest BCUT2D eigenvalue weighted by atomic mass is 10.2. The van der Waals surface area contributed by atoms with Crippen molar-refractivity contribution < 1.29 is 27.4 Å². The summed E-state index contributed by atoms with van der Waals surface area (Å²) < 4.78 is 47.3. The second-order valence-electron chi connectivity index (χ2n) is 3.08. The number of hydrogen-bond donors (Lipinski definition) is 0. The molecule has 1 rings (SSSR count). The van der Waals surface area contributed by atoms with Gasteiger partial charge in [0.05, 0.1) is 31.9 Å². The molecule has 0 atom stereocenters. The maximum absolute atomic E-state index is 13.3. The van der Waals surface area contributed by atoms with E-state index in [2.05, 4.69) is 14.5 Å². The lowest BCUT2D eigenvalue weighted by Crippen LogP contribution is -2.09. The van der Waals surface area contributed by atoms with Crippen molar-refractivity contribution in [3.05, 3.63) is 23.3 Å². The smallest absolute Gasteiger partial charge is 0.311 e. The van der Waals surface area contributed by atoms with E-state index in [1.54, 1.807) is 0 Å². The highest BCUT2D eigenvalue weighted by Crippen LogP contribution is 2.31. The summed E-state index contributed by atoms with van der Waals surface area (Å²) in [6.07, 6.45) is -3.30. The van der Waals surface area contributed by atoms with Crippen LogP contribution in [0.15, 0.2) is 6.07 Å². The van der Waals surface area contributed by atoms with Gasteiger partial charge < -0.3 is 9.47 Å². The van der Waals surface area contributed by atoms with Crippen LogP contribution in [-0.4, -0.2) is 25.2 Å². The lowest BCUT2D eigenvalue weighted by molar-refractivity contribution is -0.139. The van der Waals surface area contributed by atoms with Crippen LogP contribution in [-0.2, 0) is 16.0 Å². The molecule has 17 heavy (non-hydrogen) atoms. The van der Waals surface area contributed by atoms with Gasteiger partial charge in [0.2, 0.25) is 0 Å². The normalized spacial score (nSPS) is 10.5. The third-order valence-corrected chi connectivity index (χ3v) is 2.01. The zero-order valence-electron chi connectivity index (χ0n) is 9.17. The van der Waals surface area contributed by atoms with E-state index in [9.17, 15) is 18.0 Å². The zero-order valence-corrected chi connectivity index (χ0v) is 9.17. The van der Waals surface area contributed by atoms with Gasteiger partial charge in [0, 0.05) is 0 Å². The molecule has 0 aromatic carbocycles. The molecule has 0 aliphatic heterocycles. The molecule has 0 radical (unpaired) electrons. The molecule has 4 nitrogen and oxygen atoms in total. The van der Waals surface area contributed by atoms with Gasteiger partial charge in [-0.2, -0.15) is 4.39 Å². The minimum atomic E-state index is -2.92. The average Bonchev–Trinajstić information content (AvgIpc) is 2.28. The van der Waals surface area contributed by atoms with E-state index in [1.165, 1.54) is 0 Å². The number of halogens is 3. The number of nitrogens with zero attached hydrogens (tertiary/aromatic N) is 1. The monoisotopic (exact) mass is 249 g/mol. The van der Waals surface area contributed by atoms with E-state index < -0.39 is 29.7 Å². The number of carbonyl (C=O) groups is 1. The number of pyridine rings is 1. The van der Waals surface area contributed by atoms with Crippen molar-refractivity contribution >= 4 is 5.97 Å². The molecule has 94 valence electrons. The highest BCUT2D eigenvalue weighted by atomic mass is 19.3. The summed E-state index contributed by atoms with van der Waals surface area (Å²) in [5.41, 5.74) is -0.774. The Kier molecular flexibility index (Phi) is 4.30. The van der Waals surface area contributed by atoms with Crippen LogP contribution in [0.3, 0.4) is 0 Å². The van der Waals surface area contributed by atoms with E-state index in [4.69, 9.17) is 0 Å². The van der Waals surface area contributed by atoms with Gasteiger partial charge in [-0.05, 0) is 6.07 Å². The predicted octanol–water partition coefficient (Wildman–Crippen LogP) is 1.88. The number of esters is 1. The van der Waals surface area contributed by atoms with Gasteiger partial charge in [-0.15, -0.1) is 0 Å². The summed E-state index contributed by atoms with van der Waals surface area (Å²) >= 11 is 0. The summed E-state index contributed by atoms with van der Waals surface area (Å²) in [5, 5.41) is 0. The van der Waals surface area contributed by atoms with Crippen LogP contribution in [0, 0.1) is 5.95 Å². The number of hydrogen-bond acceptors (Lipinski definition) is 4. The molecule has 0 fully saturated rings. The molecular weight excluding hydrogens is 239 g/mol. The minimum Gasteiger partial charge on any atom is -0.492 e. The van der Waals surface area contributed by atoms with Crippen LogP contribution in [0.4, 0.5) is 13.2 Å². The first-order valence-corrected chi connectivity index (χ1v) is 4.57. The van der Waals surface area contributed by atoms with Crippen molar-refractivity contribution in [3.63, 3.8) is 0 Å². The Morgan fingerprint density at radius 1 is 1.47 bits per heavy atom. The van der Waals surface area contributed by atoms with Gasteiger partial charge in [-0.3, -0.25) is 4.79 Å². The minimum absolute atomic E-state index is 0.134. The highest BCUT2D eigenvalue weighted by Gasteiger charge is 2.21. The van der Waals surface area contributed by atoms with Crippen molar-refractivity contribution in [2.75, 3.05) is 14.2 Å². The Morgan fingerprint density at radius 3 is 2.59 bits per heavy atom. The highest BCUT2D eigenvalue weighted by molar-refractivity contribution is 5.71. The fourth-order valence-electron chi connectivity index (χ4n) is 1.25. The van der Waals surface area contributed by atoms with Gasteiger partial charge in [0.15, 0.2) is 5.75 Å². The standard InChI is InChI=1S/C10H10F3NO3/c1-16-7(15)4-5-3-6(9(11)12)8(17-2)10(13)14-5/h3,9H,4H2,1-2H3. The fraction of sp³-hybridized carbons (Fsp3) is 0.400. The Hall–Kier alpha value is -1.79. The third kappa shape index (κ3) is 3.08. The van der Waals surface area contributed by atoms with E-state index in [0.29, 0.717) is 0 Å². The molecule has 0 N–H and O–H groups in total. The Balaban J connectivity index is 3.15.